The van der Waals surface area contributed by atoms with E-state index in [0.29, 0.717) is 17.6 Å². The van der Waals surface area contributed by atoms with E-state index in [1.54, 1.807) is 11.0 Å². The maximum Gasteiger partial charge on any atom is 0.418 e. The Labute approximate surface area is 118 Å². The molecule has 0 bridgehead atoms. The van der Waals surface area contributed by atoms with Crippen LogP contribution < -0.4 is 10.6 Å². The molecule has 1 aliphatic heterocycles. The topological polar surface area (TPSA) is 29.3 Å². The Morgan fingerprint density at radius 2 is 2.11 bits per heavy atom. The van der Waals surface area contributed by atoms with Gasteiger partial charge in [-0.05, 0) is 37.5 Å². The Bertz CT molecular complexity index is 460. The molecule has 6 heteroatoms. The fourth-order valence-corrected chi connectivity index (χ4v) is 2.81. The average molecular weight is 337 g/mol. The molecule has 1 aromatic carbocycles. The Balaban J connectivity index is 2.31. The van der Waals surface area contributed by atoms with E-state index in [4.69, 9.17) is 5.73 Å². The van der Waals surface area contributed by atoms with Gasteiger partial charge < -0.3 is 10.6 Å². The van der Waals surface area contributed by atoms with Crippen LogP contribution in [0.3, 0.4) is 0 Å². The van der Waals surface area contributed by atoms with E-state index in [2.05, 4.69) is 15.9 Å². The summed E-state index contributed by atoms with van der Waals surface area (Å²) in [4.78, 5) is 1.78. The van der Waals surface area contributed by atoms with Gasteiger partial charge >= 0.3 is 6.18 Å². The predicted octanol–water partition coefficient (Wildman–Crippen LogP) is 3.64. The van der Waals surface area contributed by atoms with E-state index in [-0.39, 0.29) is 17.6 Å². The molecule has 1 fully saturated rings. The fourth-order valence-electron chi connectivity index (χ4n) is 2.45. The van der Waals surface area contributed by atoms with Crippen LogP contribution in [0.5, 0.6) is 0 Å². The Morgan fingerprint density at radius 1 is 1.42 bits per heavy atom. The van der Waals surface area contributed by atoms with Crippen molar-refractivity contribution in [1.82, 2.24) is 0 Å². The molecule has 0 amide bonds. The summed E-state index contributed by atoms with van der Waals surface area (Å²) in [6.07, 6.45) is -3.50. The van der Waals surface area contributed by atoms with Crippen LogP contribution >= 0.6 is 15.9 Å². The second-order valence-corrected chi connectivity index (χ2v) is 5.93. The maximum absolute atomic E-state index is 13.1. The zero-order valence-electron chi connectivity index (χ0n) is 10.5. The Morgan fingerprint density at radius 3 is 2.63 bits per heavy atom. The van der Waals surface area contributed by atoms with Crippen LogP contribution in [-0.4, -0.2) is 19.1 Å². The zero-order valence-corrected chi connectivity index (χ0v) is 12.1. The lowest BCUT2D eigenvalue weighted by atomic mass is 10.0. The summed E-state index contributed by atoms with van der Waals surface area (Å²) in [5, 5.41) is 0. The van der Waals surface area contributed by atoms with E-state index in [0.717, 1.165) is 12.5 Å². The number of nitrogens with zero attached hydrogens (tertiary/aromatic N) is 1. The minimum absolute atomic E-state index is 0.00906. The lowest BCUT2D eigenvalue weighted by Crippen LogP contribution is -2.30. The molecule has 1 heterocycles. The third kappa shape index (κ3) is 3.23. The number of hydrogen-bond acceptors (Lipinski definition) is 2. The van der Waals surface area contributed by atoms with Gasteiger partial charge in [0.2, 0.25) is 0 Å². The van der Waals surface area contributed by atoms with Crippen molar-refractivity contribution >= 4 is 21.6 Å². The minimum atomic E-state index is -4.34. The van der Waals surface area contributed by atoms with Gasteiger partial charge in [-0.1, -0.05) is 15.9 Å². The molecule has 19 heavy (non-hydrogen) atoms. The maximum atomic E-state index is 13.1. The number of hydrogen-bond donors (Lipinski definition) is 1. The van der Waals surface area contributed by atoms with Crippen molar-refractivity contribution in [2.45, 2.75) is 25.6 Å². The second-order valence-electron chi connectivity index (χ2n) is 5.01. The summed E-state index contributed by atoms with van der Waals surface area (Å²) in [6.45, 7) is 3.11. The third-order valence-electron chi connectivity index (χ3n) is 3.57. The average Bonchev–Trinajstić information content (AvgIpc) is 2.77. The third-order valence-corrected chi connectivity index (χ3v) is 4.07. The van der Waals surface area contributed by atoms with Crippen molar-refractivity contribution < 1.29 is 13.2 Å². The molecule has 2 nitrogen and oxygen atoms in total. The lowest BCUT2D eigenvalue weighted by Gasteiger charge is -2.24. The van der Waals surface area contributed by atoms with Crippen LogP contribution in [0.4, 0.5) is 18.9 Å². The van der Waals surface area contributed by atoms with E-state index >= 15 is 0 Å². The van der Waals surface area contributed by atoms with Gasteiger partial charge in [-0.25, -0.2) is 0 Å². The zero-order chi connectivity index (χ0) is 14.2. The van der Waals surface area contributed by atoms with Gasteiger partial charge in [0.1, 0.15) is 0 Å². The standard InChI is InChI=1S/C13H16BrF3N2/c1-8(18)9-4-5-19(7-9)12-3-2-10(14)6-11(12)13(15,16)17/h2-3,6,8-9H,4-5,7,18H2,1H3. The van der Waals surface area contributed by atoms with E-state index in [1.165, 1.54) is 6.07 Å². The molecule has 0 aliphatic carbocycles. The first kappa shape index (κ1) is 14.7. The van der Waals surface area contributed by atoms with Crippen molar-refractivity contribution in [3.05, 3.63) is 28.2 Å². The van der Waals surface area contributed by atoms with Crippen LogP contribution in [0.15, 0.2) is 22.7 Å². The van der Waals surface area contributed by atoms with Crippen LogP contribution in [0.2, 0.25) is 0 Å². The highest BCUT2D eigenvalue weighted by Crippen LogP contribution is 2.39. The molecule has 0 spiro atoms. The van der Waals surface area contributed by atoms with Gasteiger partial charge in [-0.15, -0.1) is 0 Å². The molecule has 1 aliphatic rings. The van der Waals surface area contributed by atoms with Gasteiger partial charge in [0.05, 0.1) is 5.56 Å². The number of rotatable bonds is 2. The fraction of sp³-hybridized carbons (Fsp3) is 0.538. The van der Waals surface area contributed by atoms with Crippen LogP contribution in [0, 0.1) is 5.92 Å². The predicted molar refractivity (Wildman–Crippen MR) is 73.1 cm³/mol. The van der Waals surface area contributed by atoms with Crippen molar-refractivity contribution in [2.24, 2.45) is 11.7 Å². The van der Waals surface area contributed by atoms with Gasteiger partial charge in [0.25, 0.3) is 0 Å². The molecular formula is C13H16BrF3N2. The lowest BCUT2D eigenvalue weighted by molar-refractivity contribution is -0.137. The molecule has 1 aromatic rings. The summed E-state index contributed by atoms with van der Waals surface area (Å²) < 4.78 is 39.6. The summed E-state index contributed by atoms with van der Waals surface area (Å²) >= 11 is 3.09. The van der Waals surface area contributed by atoms with Crippen LogP contribution in [0.1, 0.15) is 18.9 Å². The molecule has 2 rings (SSSR count). The van der Waals surface area contributed by atoms with E-state index in [1.807, 2.05) is 6.92 Å². The number of anilines is 1. The molecule has 2 unspecified atom stereocenters. The smallest absolute Gasteiger partial charge is 0.371 e. The van der Waals surface area contributed by atoms with Gasteiger partial charge in [0, 0.05) is 29.3 Å². The highest BCUT2D eigenvalue weighted by Gasteiger charge is 2.37. The molecule has 2 atom stereocenters. The van der Waals surface area contributed by atoms with Gasteiger partial charge in [0.15, 0.2) is 0 Å². The number of halogens is 4. The first-order chi connectivity index (χ1) is 8.79. The highest BCUT2D eigenvalue weighted by molar-refractivity contribution is 9.10. The summed E-state index contributed by atoms with van der Waals surface area (Å²) in [5.41, 5.74) is 5.49. The molecular weight excluding hydrogens is 321 g/mol. The van der Waals surface area contributed by atoms with Gasteiger partial charge in [-0.2, -0.15) is 13.2 Å². The minimum Gasteiger partial charge on any atom is -0.371 e. The number of alkyl halides is 3. The van der Waals surface area contributed by atoms with E-state index in [9.17, 15) is 13.2 Å². The molecule has 1 saturated heterocycles. The molecule has 2 N–H and O–H groups in total. The summed E-state index contributed by atoms with van der Waals surface area (Å²) in [5.74, 6) is 0.254. The van der Waals surface area contributed by atoms with Crippen LogP contribution in [-0.2, 0) is 6.18 Å². The summed E-state index contributed by atoms with van der Waals surface area (Å²) in [6, 6.07) is 4.31. The summed E-state index contributed by atoms with van der Waals surface area (Å²) in [7, 11) is 0. The monoisotopic (exact) mass is 336 g/mol. The molecule has 106 valence electrons. The SMILES string of the molecule is CC(N)C1CCN(c2ccc(Br)cc2C(F)(F)F)C1. The number of benzene rings is 1. The Hall–Kier alpha value is -0.750. The molecule has 0 aromatic heterocycles. The van der Waals surface area contributed by atoms with Crippen LogP contribution in [0.25, 0.3) is 0 Å². The highest BCUT2D eigenvalue weighted by atomic mass is 79.9. The van der Waals surface area contributed by atoms with Crippen molar-refractivity contribution in [3.8, 4) is 0 Å². The first-order valence-electron chi connectivity index (χ1n) is 6.16. The van der Waals surface area contributed by atoms with Crippen molar-refractivity contribution in [2.75, 3.05) is 18.0 Å². The second kappa shape index (κ2) is 5.32. The Kier molecular flexibility index (Phi) is 4.11. The largest absolute Gasteiger partial charge is 0.418 e. The van der Waals surface area contributed by atoms with Gasteiger partial charge in [-0.3, -0.25) is 0 Å². The molecule has 0 radical (unpaired) electrons. The molecule has 0 saturated carbocycles. The van der Waals surface area contributed by atoms with E-state index < -0.39 is 11.7 Å². The quantitative estimate of drug-likeness (QED) is 0.893. The normalized spacial score (nSPS) is 21.8. The van der Waals surface area contributed by atoms with Crippen molar-refractivity contribution in [1.29, 1.82) is 0 Å². The van der Waals surface area contributed by atoms with Crippen molar-refractivity contribution in [3.63, 3.8) is 0 Å². The first-order valence-corrected chi connectivity index (χ1v) is 6.95. The number of nitrogens with two attached hydrogens (primary N) is 1.